The molecule has 0 aliphatic rings. The Hall–Kier alpha value is -1.96. The summed E-state index contributed by atoms with van der Waals surface area (Å²) >= 11 is 0. The molecular weight excluding hydrogens is 236 g/mol. The van der Waals surface area contributed by atoms with Gasteiger partial charge in [0.25, 0.3) is 5.91 Å². The molecule has 4 N–H and O–H groups in total. The predicted molar refractivity (Wildman–Crippen MR) is 64.5 cm³/mol. The van der Waals surface area contributed by atoms with Gasteiger partial charge in [0.15, 0.2) is 0 Å². The summed E-state index contributed by atoms with van der Waals surface area (Å²) in [4.78, 5) is 22.1. The summed E-state index contributed by atoms with van der Waals surface area (Å²) in [6.07, 6.45) is 2.69. The summed E-state index contributed by atoms with van der Waals surface area (Å²) < 4.78 is 1.39. The number of aromatic nitrogens is 3. The van der Waals surface area contributed by atoms with Gasteiger partial charge in [-0.15, -0.1) is 5.10 Å². The summed E-state index contributed by atoms with van der Waals surface area (Å²) in [7, 11) is 0. The third-order valence-electron chi connectivity index (χ3n) is 2.31. The van der Waals surface area contributed by atoms with Gasteiger partial charge >= 0.3 is 6.03 Å². The van der Waals surface area contributed by atoms with Crippen molar-refractivity contribution >= 4 is 11.9 Å². The molecule has 1 aromatic rings. The van der Waals surface area contributed by atoms with E-state index >= 15 is 0 Å². The number of nitrogens with zero attached hydrogens (tertiary/aromatic N) is 3. The Labute approximate surface area is 105 Å². The van der Waals surface area contributed by atoms with Crippen molar-refractivity contribution in [3.8, 4) is 0 Å². The van der Waals surface area contributed by atoms with Gasteiger partial charge in [-0.25, -0.2) is 9.48 Å². The Kier molecular flexibility index (Phi) is 5.25. The van der Waals surface area contributed by atoms with Crippen molar-refractivity contribution < 1.29 is 9.59 Å². The molecule has 1 unspecified atom stereocenters. The average molecular weight is 254 g/mol. The number of hydrogen-bond acceptors (Lipinski definition) is 5. The molecule has 1 heterocycles. The van der Waals surface area contributed by atoms with Gasteiger partial charge in [0.2, 0.25) is 0 Å². The van der Waals surface area contributed by atoms with Crippen LogP contribution in [-0.2, 0) is 11.3 Å². The van der Waals surface area contributed by atoms with Gasteiger partial charge in [-0.2, -0.15) is 0 Å². The maximum absolute atomic E-state index is 11.5. The van der Waals surface area contributed by atoms with Gasteiger partial charge in [0.05, 0.1) is 11.9 Å². The highest BCUT2D eigenvalue weighted by Gasteiger charge is 2.17. The highest BCUT2D eigenvalue weighted by Crippen LogP contribution is 2.04. The van der Waals surface area contributed by atoms with E-state index in [9.17, 15) is 9.59 Å². The Morgan fingerprint density at radius 2 is 2.28 bits per heavy atom. The average Bonchev–Trinajstić information content (AvgIpc) is 2.76. The van der Waals surface area contributed by atoms with Crippen molar-refractivity contribution in [2.24, 2.45) is 5.73 Å². The number of carbonyl (C=O) groups excluding carboxylic acids is 2. The van der Waals surface area contributed by atoms with Crippen LogP contribution in [0.2, 0.25) is 0 Å². The number of primary amides is 1. The standard InChI is InChI=1S/C10H18N6O2/c1-3-4-12-5-8-6-16(15-14-8)7(2)9(17)13-10(11)18/h6-7,12H,3-5H2,1-2H3,(H3,11,13,17,18). The van der Waals surface area contributed by atoms with E-state index in [0.717, 1.165) is 18.7 Å². The molecule has 1 aromatic heterocycles. The molecule has 8 heteroatoms. The predicted octanol–water partition coefficient (Wildman–Crippen LogP) is -0.466. The molecule has 8 nitrogen and oxygen atoms in total. The van der Waals surface area contributed by atoms with Crippen LogP contribution in [0, 0.1) is 0 Å². The second-order valence-electron chi connectivity index (χ2n) is 3.90. The molecule has 0 aliphatic heterocycles. The lowest BCUT2D eigenvalue weighted by Gasteiger charge is -2.09. The molecule has 0 saturated carbocycles. The normalized spacial score (nSPS) is 12.1. The monoisotopic (exact) mass is 254 g/mol. The van der Waals surface area contributed by atoms with E-state index in [2.05, 4.69) is 22.6 Å². The smallest absolute Gasteiger partial charge is 0.318 e. The van der Waals surface area contributed by atoms with E-state index in [0.29, 0.717) is 6.54 Å². The molecule has 0 aromatic carbocycles. The Bertz CT molecular complexity index is 416. The molecule has 0 aliphatic carbocycles. The van der Waals surface area contributed by atoms with Crippen LogP contribution >= 0.6 is 0 Å². The van der Waals surface area contributed by atoms with Crippen molar-refractivity contribution in [2.75, 3.05) is 6.54 Å². The van der Waals surface area contributed by atoms with Crippen LogP contribution in [0.3, 0.4) is 0 Å². The van der Waals surface area contributed by atoms with Gasteiger partial charge in [-0.3, -0.25) is 10.1 Å². The lowest BCUT2D eigenvalue weighted by molar-refractivity contribution is -0.123. The molecule has 0 spiro atoms. The molecule has 1 atom stereocenters. The van der Waals surface area contributed by atoms with Crippen LogP contribution in [0.25, 0.3) is 0 Å². The van der Waals surface area contributed by atoms with E-state index in [1.807, 2.05) is 5.32 Å². The highest BCUT2D eigenvalue weighted by atomic mass is 16.2. The van der Waals surface area contributed by atoms with Crippen LogP contribution in [0.15, 0.2) is 6.20 Å². The largest absolute Gasteiger partial charge is 0.351 e. The fourth-order valence-electron chi connectivity index (χ4n) is 1.32. The molecule has 0 bridgehead atoms. The highest BCUT2D eigenvalue weighted by molar-refractivity contribution is 5.95. The fraction of sp³-hybridized carbons (Fsp3) is 0.600. The first-order valence-electron chi connectivity index (χ1n) is 5.76. The van der Waals surface area contributed by atoms with Crippen molar-refractivity contribution in [1.29, 1.82) is 0 Å². The molecule has 0 radical (unpaired) electrons. The summed E-state index contributed by atoms with van der Waals surface area (Å²) in [6, 6.07) is -1.51. The molecule has 100 valence electrons. The van der Waals surface area contributed by atoms with Crippen molar-refractivity contribution in [2.45, 2.75) is 32.9 Å². The summed E-state index contributed by atoms with van der Waals surface area (Å²) in [5.41, 5.74) is 5.61. The maximum Gasteiger partial charge on any atom is 0.318 e. The third kappa shape index (κ3) is 4.13. The molecule has 0 saturated heterocycles. The topological polar surface area (TPSA) is 115 Å². The number of imide groups is 1. The number of rotatable bonds is 6. The molecular formula is C10H18N6O2. The van der Waals surface area contributed by atoms with Gasteiger partial charge < -0.3 is 11.1 Å². The van der Waals surface area contributed by atoms with Crippen molar-refractivity contribution in [1.82, 2.24) is 25.6 Å². The Morgan fingerprint density at radius 1 is 1.56 bits per heavy atom. The summed E-state index contributed by atoms with van der Waals surface area (Å²) in [6.45, 7) is 5.17. The lowest BCUT2D eigenvalue weighted by Crippen LogP contribution is -2.39. The van der Waals surface area contributed by atoms with E-state index in [4.69, 9.17) is 5.73 Å². The number of amides is 3. The first-order chi connectivity index (χ1) is 8.54. The van der Waals surface area contributed by atoms with E-state index < -0.39 is 18.0 Å². The van der Waals surface area contributed by atoms with Gasteiger partial charge in [-0.05, 0) is 19.9 Å². The van der Waals surface area contributed by atoms with Gasteiger partial charge in [0.1, 0.15) is 6.04 Å². The minimum atomic E-state index is -0.878. The molecule has 0 fully saturated rings. The third-order valence-corrected chi connectivity index (χ3v) is 2.31. The van der Waals surface area contributed by atoms with E-state index in [1.54, 1.807) is 13.1 Å². The second-order valence-corrected chi connectivity index (χ2v) is 3.90. The van der Waals surface area contributed by atoms with Crippen LogP contribution < -0.4 is 16.4 Å². The first kappa shape index (κ1) is 14.1. The van der Waals surface area contributed by atoms with Crippen LogP contribution in [0.4, 0.5) is 4.79 Å². The number of nitrogens with two attached hydrogens (primary N) is 1. The first-order valence-corrected chi connectivity index (χ1v) is 5.76. The molecule has 18 heavy (non-hydrogen) atoms. The zero-order valence-electron chi connectivity index (χ0n) is 10.5. The van der Waals surface area contributed by atoms with E-state index in [-0.39, 0.29) is 0 Å². The van der Waals surface area contributed by atoms with Gasteiger partial charge in [-0.1, -0.05) is 12.1 Å². The van der Waals surface area contributed by atoms with Crippen molar-refractivity contribution in [3.05, 3.63) is 11.9 Å². The summed E-state index contributed by atoms with van der Waals surface area (Å²) in [5.74, 6) is -0.513. The minimum absolute atomic E-state index is 0.513. The Balaban J connectivity index is 2.56. The van der Waals surface area contributed by atoms with Crippen LogP contribution in [0.5, 0.6) is 0 Å². The maximum atomic E-state index is 11.5. The fourth-order valence-corrected chi connectivity index (χ4v) is 1.32. The SMILES string of the molecule is CCCNCc1cn(C(C)C(=O)NC(N)=O)nn1. The Morgan fingerprint density at radius 3 is 2.89 bits per heavy atom. The zero-order valence-corrected chi connectivity index (χ0v) is 10.5. The number of urea groups is 1. The number of carbonyl (C=O) groups is 2. The lowest BCUT2D eigenvalue weighted by atomic mass is 10.3. The molecule has 1 rings (SSSR count). The second kappa shape index (κ2) is 6.70. The van der Waals surface area contributed by atoms with Crippen molar-refractivity contribution in [3.63, 3.8) is 0 Å². The molecule has 3 amide bonds. The van der Waals surface area contributed by atoms with Crippen LogP contribution in [-0.4, -0.2) is 33.5 Å². The summed E-state index contributed by atoms with van der Waals surface area (Å²) in [5, 5.41) is 12.9. The quantitative estimate of drug-likeness (QED) is 0.594. The minimum Gasteiger partial charge on any atom is -0.351 e. The number of hydrogen-bond donors (Lipinski definition) is 3. The van der Waals surface area contributed by atoms with Crippen LogP contribution in [0.1, 0.15) is 32.0 Å². The van der Waals surface area contributed by atoms with E-state index in [1.165, 1.54) is 4.68 Å². The number of nitrogens with one attached hydrogen (secondary N) is 2. The zero-order chi connectivity index (χ0) is 13.5. The van der Waals surface area contributed by atoms with Gasteiger partial charge in [0, 0.05) is 6.54 Å².